The molecule has 1 fully saturated rings. The number of aromatic hydroxyl groups is 1. The molecule has 4 heteroatoms. The minimum absolute atomic E-state index is 0.0875. The minimum atomic E-state index is 0.0875. The van der Waals surface area contributed by atoms with E-state index in [2.05, 4.69) is 0 Å². The summed E-state index contributed by atoms with van der Waals surface area (Å²) in [6, 6.07) is 7.00. The summed E-state index contributed by atoms with van der Waals surface area (Å²) < 4.78 is 0. The van der Waals surface area contributed by atoms with Crippen LogP contribution in [0.15, 0.2) is 24.3 Å². The second kappa shape index (κ2) is 6.10. The number of para-hydroxylation sites is 1. The maximum Gasteiger partial charge on any atom is 0.227 e. The van der Waals surface area contributed by atoms with Crippen molar-refractivity contribution in [2.75, 3.05) is 19.0 Å². The Bertz CT molecular complexity index is 414. The van der Waals surface area contributed by atoms with Gasteiger partial charge in [-0.25, -0.2) is 0 Å². The molecule has 1 heterocycles. The second-order valence-corrected chi connectivity index (χ2v) is 5.09. The van der Waals surface area contributed by atoms with E-state index >= 15 is 0 Å². The number of phenols is 1. The summed E-state index contributed by atoms with van der Waals surface area (Å²) in [5, 5.41) is 9.65. The van der Waals surface area contributed by atoms with Crippen molar-refractivity contribution >= 4 is 17.5 Å². The normalized spacial score (nSPS) is 16.8. The average Bonchev–Trinajstić information content (AvgIpc) is 2.41. The third-order valence-electron chi connectivity index (χ3n) is 3.52. The molecular formula is C14H18ClNO2. The van der Waals surface area contributed by atoms with Gasteiger partial charge in [-0.2, -0.15) is 0 Å². The van der Waals surface area contributed by atoms with Gasteiger partial charge in [0.05, 0.1) is 6.42 Å². The monoisotopic (exact) mass is 267 g/mol. The van der Waals surface area contributed by atoms with Crippen LogP contribution in [0.25, 0.3) is 0 Å². The third-order valence-corrected chi connectivity index (χ3v) is 3.96. The lowest BCUT2D eigenvalue weighted by molar-refractivity contribution is -0.131. The van der Waals surface area contributed by atoms with E-state index in [0.29, 0.717) is 17.4 Å². The highest BCUT2D eigenvalue weighted by molar-refractivity contribution is 6.18. The average molecular weight is 268 g/mol. The Labute approximate surface area is 112 Å². The van der Waals surface area contributed by atoms with Crippen molar-refractivity contribution in [3.05, 3.63) is 29.8 Å². The van der Waals surface area contributed by atoms with Crippen LogP contribution in [0.3, 0.4) is 0 Å². The molecule has 0 aliphatic carbocycles. The Balaban J connectivity index is 1.91. The number of rotatable bonds is 3. The van der Waals surface area contributed by atoms with Gasteiger partial charge in [0.1, 0.15) is 5.75 Å². The summed E-state index contributed by atoms with van der Waals surface area (Å²) >= 11 is 5.82. The molecular weight excluding hydrogens is 250 g/mol. The molecule has 1 aliphatic rings. The molecule has 0 saturated carbocycles. The van der Waals surface area contributed by atoms with E-state index in [0.717, 1.165) is 25.9 Å². The molecule has 1 aromatic carbocycles. The molecule has 1 aliphatic heterocycles. The molecule has 1 aromatic rings. The van der Waals surface area contributed by atoms with Crippen molar-refractivity contribution in [1.29, 1.82) is 0 Å². The predicted octanol–water partition coefficient (Wildman–Crippen LogP) is 2.41. The molecule has 1 saturated heterocycles. The highest BCUT2D eigenvalue weighted by Crippen LogP contribution is 2.21. The van der Waals surface area contributed by atoms with Gasteiger partial charge in [0.2, 0.25) is 5.91 Å². The summed E-state index contributed by atoms with van der Waals surface area (Å²) in [7, 11) is 0. The van der Waals surface area contributed by atoms with Crippen molar-refractivity contribution in [2.45, 2.75) is 19.3 Å². The van der Waals surface area contributed by atoms with E-state index in [4.69, 9.17) is 11.6 Å². The van der Waals surface area contributed by atoms with E-state index in [1.165, 1.54) is 0 Å². The lowest BCUT2D eigenvalue weighted by atomic mass is 9.98. The quantitative estimate of drug-likeness (QED) is 0.855. The number of amides is 1. The zero-order valence-corrected chi connectivity index (χ0v) is 11.1. The molecule has 98 valence electrons. The van der Waals surface area contributed by atoms with Crippen molar-refractivity contribution < 1.29 is 9.90 Å². The zero-order valence-electron chi connectivity index (χ0n) is 10.3. The first-order valence-corrected chi connectivity index (χ1v) is 6.84. The third kappa shape index (κ3) is 3.16. The highest BCUT2D eigenvalue weighted by atomic mass is 35.5. The van der Waals surface area contributed by atoms with E-state index in [1.807, 2.05) is 11.0 Å². The van der Waals surface area contributed by atoms with Crippen LogP contribution in [0.2, 0.25) is 0 Å². The molecule has 18 heavy (non-hydrogen) atoms. The number of phenolic OH excluding ortho intramolecular Hbond substituents is 1. The number of likely N-dealkylation sites (tertiary alicyclic amines) is 1. The Hall–Kier alpha value is -1.22. The molecule has 0 unspecified atom stereocenters. The number of hydrogen-bond donors (Lipinski definition) is 1. The van der Waals surface area contributed by atoms with Gasteiger partial charge in [0, 0.05) is 24.5 Å². The molecule has 0 radical (unpaired) electrons. The van der Waals surface area contributed by atoms with Gasteiger partial charge in [-0.05, 0) is 24.8 Å². The van der Waals surface area contributed by atoms with Crippen LogP contribution < -0.4 is 0 Å². The summed E-state index contributed by atoms with van der Waals surface area (Å²) in [6.45, 7) is 1.56. The molecule has 2 rings (SSSR count). The van der Waals surface area contributed by atoms with Crippen LogP contribution in [0.4, 0.5) is 0 Å². The SMILES string of the molecule is O=C(Cc1ccccc1O)N1CCC(CCl)CC1. The number of nitrogens with zero attached hydrogens (tertiary/aromatic N) is 1. The summed E-state index contributed by atoms with van der Waals surface area (Å²) in [6.07, 6.45) is 2.24. The minimum Gasteiger partial charge on any atom is -0.508 e. The largest absolute Gasteiger partial charge is 0.508 e. The lowest BCUT2D eigenvalue weighted by Crippen LogP contribution is -2.39. The Morgan fingerprint density at radius 2 is 2.00 bits per heavy atom. The Morgan fingerprint density at radius 3 is 2.61 bits per heavy atom. The number of alkyl halides is 1. The summed E-state index contributed by atoms with van der Waals surface area (Å²) in [4.78, 5) is 14.0. The summed E-state index contributed by atoms with van der Waals surface area (Å²) in [5.74, 6) is 1.51. The predicted molar refractivity (Wildman–Crippen MR) is 71.8 cm³/mol. The first kappa shape index (κ1) is 13.2. The maximum absolute atomic E-state index is 12.1. The molecule has 0 bridgehead atoms. The van der Waals surface area contributed by atoms with Crippen LogP contribution in [0, 0.1) is 5.92 Å². The molecule has 3 nitrogen and oxygen atoms in total. The van der Waals surface area contributed by atoms with Crippen LogP contribution >= 0.6 is 11.6 Å². The first-order valence-electron chi connectivity index (χ1n) is 6.31. The maximum atomic E-state index is 12.1. The number of carbonyl (C=O) groups excluding carboxylic acids is 1. The standard InChI is InChI=1S/C14H18ClNO2/c15-10-11-5-7-16(8-6-11)14(18)9-12-3-1-2-4-13(12)17/h1-4,11,17H,5-10H2. The van der Waals surface area contributed by atoms with Gasteiger partial charge in [-0.1, -0.05) is 18.2 Å². The van der Waals surface area contributed by atoms with Gasteiger partial charge in [0.15, 0.2) is 0 Å². The fraction of sp³-hybridized carbons (Fsp3) is 0.500. The van der Waals surface area contributed by atoms with E-state index < -0.39 is 0 Å². The fourth-order valence-electron chi connectivity index (χ4n) is 2.27. The number of benzene rings is 1. The molecule has 0 atom stereocenters. The van der Waals surface area contributed by atoms with E-state index in [-0.39, 0.29) is 18.1 Å². The van der Waals surface area contributed by atoms with Gasteiger partial charge in [0.25, 0.3) is 0 Å². The smallest absolute Gasteiger partial charge is 0.227 e. The number of piperidine rings is 1. The molecule has 0 spiro atoms. The van der Waals surface area contributed by atoms with E-state index in [1.54, 1.807) is 18.2 Å². The Morgan fingerprint density at radius 1 is 1.33 bits per heavy atom. The number of hydrogen-bond acceptors (Lipinski definition) is 2. The van der Waals surface area contributed by atoms with Crippen LogP contribution in [-0.4, -0.2) is 34.9 Å². The Kier molecular flexibility index (Phi) is 4.48. The van der Waals surface area contributed by atoms with Crippen molar-refractivity contribution in [2.24, 2.45) is 5.92 Å². The van der Waals surface area contributed by atoms with Gasteiger partial charge in [-0.15, -0.1) is 11.6 Å². The molecule has 0 aromatic heterocycles. The fourth-order valence-corrected chi connectivity index (χ4v) is 2.58. The lowest BCUT2D eigenvalue weighted by Gasteiger charge is -2.31. The van der Waals surface area contributed by atoms with Gasteiger partial charge >= 0.3 is 0 Å². The first-order chi connectivity index (χ1) is 8.70. The summed E-state index contributed by atoms with van der Waals surface area (Å²) in [5.41, 5.74) is 0.696. The van der Waals surface area contributed by atoms with Gasteiger partial charge < -0.3 is 10.0 Å². The van der Waals surface area contributed by atoms with Crippen molar-refractivity contribution in [3.63, 3.8) is 0 Å². The van der Waals surface area contributed by atoms with Gasteiger partial charge in [-0.3, -0.25) is 4.79 Å². The zero-order chi connectivity index (χ0) is 13.0. The van der Waals surface area contributed by atoms with Crippen LogP contribution in [0.1, 0.15) is 18.4 Å². The van der Waals surface area contributed by atoms with Crippen molar-refractivity contribution in [3.8, 4) is 5.75 Å². The number of carbonyl (C=O) groups is 1. The highest BCUT2D eigenvalue weighted by Gasteiger charge is 2.22. The number of halogens is 1. The van der Waals surface area contributed by atoms with E-state index in [9.17, 15) is 9.90 Å². The van der Waals surface area contributed by atoms with Crippen LogP contribution in [0.5, 0.6) is 5.75 Å². The molecule has 1 N–H and O–H groups in total. The molecule has 1 amide bonds. The van der Waals surface area contributed by atoms with Crippen LogP contribution in [-0.2, 0) is 11.2 Å². The van der Waals surface area contributed by atoms with Crippen molar-refractivity contribution in [1.82, 2.24) is 4.90 Å². The topological polar surface area (TPSA) is 40.5 Å². The second-order valence-electron chi connectivity index (χ2n) is 4.78.